The monoisotopic (exact) mass is 416 g/mol. The van der Waals surface area contributed by atoms with Gasteiger partial charge in [-0.2, -0.15) is 0 Å². The minimum atomic E-state index is 0. The van der Waals surface area contributed by atoms with Gasteiger partial charge in [0.05, 0.1) is 0 Å². The first-order valence-electron chi connectivity index (χ1n) is 1.46. The molecule has 0 bridgehead atoms. The molecule has 0 aromatic carbocycles. The summed E-state index contributed by atoms with van der Waals surface area (Å²) >= 11 is 0. The van der Waals surface area contributed by atoms with Crippen LogP contribution in [-0.4, -0.2) is 0 Å². The van der Waals surface area contributed by atoms with E-state index in [0.29, 0.717) is 0 Å². The molecule has 0 amide bonds. The summed E-state index contributed by atoms with van der Waals surface area (Å²) in [4.78, 5) is 32.0. The Bertz CT molecular complexity index is 75.3. The van der Waals surface area contributed by atoms with Crippen LogP contribution in [-0.2, 0) is 20.1 Å². The molecule has 0 N–H and O–H groups in total. The molecular formula is IrKN4O8. The van der Waals surface area contributed by atoms with E-state index in [1.165, 1.54) is 0 Å². The van der Waals surface area contributed by atoms with Gasteiger partial charge in [0.1, 0.15) is 0 Å². The van der Waals surface area contributed by atoms with E-state index in [2.05, 4.69) is 0 Å². The van der Waals surface area contributed by atoms with Crippen molar-refractivity contribution in [1.29, 1.82) is 0 Å². The molecule has 0 saturated carbocycles. The maximum atomic E-state index is 8.00. The third-order valence-electron chi connectivity index (χ3n) is 0. The molecule has 0 aromatic rings. The van der Waals surface area contributed by atoms with Gasteiger partial charge < -0.3 is 40.5 Å². The van der Waals surface area contributed by atoms with Crippen molar-refractivity contribution in [3.05, 3.63) is 40.5 Å². The van der Waals surface area contributed by atoms with E-state index in [0.717, 1.165) is 21.4 Å². The Morgan fingerprint density at radius 3 is 0.571 bits per heavy atom. The first-order valence-corrected chi connectivity index (χ1v) is 1.46. The molecule has 0 heterocycles. The third-order valence-corrected chi connectivity index (χ3v) is 0. The van der Waals surface area contributed by atoms with E-state index in [1.54, 1.807) is 0 Å². The minimum absolute atomic E-state index is 0. The van der Waals surface area contributed by atoms with Gasteiger partial charge in [-0.3, -0.25) is 0 Å². The van der Waals surface area contributed by atoms with Crippen molar-refractivity contribution in [2.24, 2.45) is 21.4 Å². The maximum Gasteiger partial charge on any atom is 3.00 e. The van der Waals surface area contributed by atoms with Crippen LogP contribution in [0.3, 0.4) is 0 Å². The van der Waals surface area contributed by atoms with Crippen molar-refractivity contribution < 1.29 is 71.5 Å². The SMILES string of the molecule is O=N[O-].O=N[O-].O=N[O-].O=N[O-].[Ir+3].[K+]. The van der Waals surface area contributed by atoms with Crippen LogP contribution >= 0.6 is 0 Å². The number of rotatable bonds is 0. The van der Waals surface area contributed by atoms with Gasteiger partial charge >= 0.3 is 71.5 Å². The largest absolute Gasteiger partial charge is 3.00 e. The van der Waals surface area contributed by atoms with Crippen LogP contribution in [0, 0.1) is 40.5 Å². The van der Waals surface area contributed by atoms with E-state index in [9.17, 15) is 0 Å². The maximum absolute atomic E-state index is 8.00. The van der Waals surface area contributed by atoms with Gasteiger partial charge in [-0.15, -0.1) is 21.4 Å². The summed E-state index contributed by atoms with van der Waals surface area (Å²) in [5, 5.41) is 36.0. The van der Waals surface area contributed by atoms with Gasteiger partial charge in [0.2, 0.25) is 0 Å². The van der Waals surface area contributed by atoms with Crippen molar-refractivity contribution in [3.8, 4) is 0 Å². The summed E-state index contributed by atoms with van der Waals surface area (Å²) < 4.78 is 0. The molecule has 0 unspecified atom stereocenters. The zero-order chi connectivity index (χ0) is 10.8. The van der Waals surface area contributed by atoms with Crippen LogP contribution in [0.2, 0.25) is 0 Å². The molecule has 0 aliphatic heterocycles. The molecule has 0 radical (unpaired) electrons. The molecule has 78 valence electrons. The molecule has 14 heavy (non-hydrogen) atoms. The normalized spacial score (nSPS) is 3.43. The van der Waals surface area contributed by atoms with Crippen LogP contribution < -0.4 is 51.4 Å². The Labute approximate surface area is 132 Å². The Hall–Kier alpha value is -0.114. The van der Waals surface area contributed by atoms with Gasteiger partial charge in [-0.05, 0) is 0 Å². The quantitative estimate of drug-likeness (QED) is 0.245. The minimum Gasteiger partial charge on any atom is -0.444 e. The van der Waals surface area contributed by atoms with Gasteiger partial charge in [0.15, 0.2) is 0 Å². The molecule has 0 saturated heterocycles. The average Bonchev–Trinajstić information content (AvgIpc) is 1.92. The van der Waals surface area contributed by atoms with Crippen LogP contribution in [0.4, 0.5) is 0 Å². The van der Waals surface area contributed by atoms with E-state index in [4.69, 9.17) is 40.5 Å². The number of nitrogens with zero attached hydrogens (tertiary/aromatic N) is 4. The Morgan fingerprint density at radius 1 is 0.571 bits per heavy atom. The number of hydrogen-bond acceptors (Lipinski definition) is 12. The van der Waals surface area contributed by atoms with Crippen LogP contribution in [0.5, 0.6) is 0 Å². The molecule has 0 aromatic heterocycles. The van der Waals surface area contributed by atoms with E-state index in [1.807, 2.05) is 0 Å². The zero-order valence-corrected chi connectivity index (χ0v) is 11.9. The van der Waals surface area contributed by atoms with Crippen molar-refractivity contribution in [2.75, 3.05) is 0 Å². The first-order chi connectivity index (χ1) is 5.66. The molecule has 0 fully saturated rings. The van der Waals surface area contributed by atoms with E-state index < -0.39 is 0 Å². The molecular weight excluding hydrogens is 415 g/mol. The Morgan fingerprint density at radius 2 is 0.571 bits per heavy atom. The average molecular weight is 415 g/mol. The van der Waals surface area contributed by atoms with Crippen molar-refractivity contribution >= 4 is 0 Å². The fourth-order valence-corrected chi connectivity index (χ4v) is 0. The van der Waals surface area contributed by atoms with Gasteiger partial charge in [-0.25, -0.2) is 0 Å². The van der Waals surface area contributed by atoms with E-state index >= 15 is 0 Å². The molecule has 0 aliphatic rings. The predicted molar refractivity (Wildman–Crippen MR) is 36.6 cm³/mol. The second-order valence-corrected chi connectivity index (χ2v) is 0.298. The molecule has 14 heteroatoms. The topological polar surface area (TPSA) is 210 Å². The molecule has 0 rings (SSSR count). The first kappa shape index (κ1) is 37.1. The third kappa shape index (κ3) is 108000. The molecule has 0 aliphatic carbocycles. The fraction of sp³-hybridized carbons (Fsp3) is 0. The summed E-state index contributed by atoms with van der Waals surface area (Å²) in [6, 6.07) is 0. The summed E-state index contributed by atoms with van der Waals surface area (Å²) in [6.45, 7) is 0. The Kier molecular flexibility index (Phi) is 319. The van der Waals surface area contributed by atoms with Crippen LogP contribution in [0.25, 0.3) is 0 Å². The second-order valence-electron chi connectivity index (χ2n) is 0.298. The standard InChI is InChI=1S/Ir.K.4HNO2/c;;4*2-1-3/h;;4*(H,2,3)/q+3;+1;;;;/p-4. The van der Waals surface area contributed by atoms with Crippen molar-refractivity contribution in [3.63, 3.8) is 0 Å². The summed E-state index contributed by atoms with van der Waals surface area (Å²) in [7, 11) is 0. The van der Waals surface area contributed by atoms with Crippen molar-refractivity contribution in [1.82, 2.24) is 0 Å². The van der Waals surface area contributed by atoms with Crippen LogP contribution in [0.1, 0.15) is 0 Å². The Balaban J connectivity index is -0.0000000145. The fourth-order valence-electron chi connectivity index (χ4n) is 0. The molecule has 0 spiro atoms. The second kappa shape index (κ2) is 121. The summed E-state index contributed by atoms with van der Waals surface area (Å²) in [6.07, 6.45) is 0. The van der Waals surface area contributed by atoms with Gasteiger partial charge in [-0.1, -0.05) is 0 Å². The predicted octanol–water partition coefficient (Wildman–Crippen LogP) is -2.00. The van der Waals surface area contributed by atoms with Crippen molar-refractivity contribution in [2.45, 2.75) is 0 Å². The smallest absolute Gasteiger partial charge is 0.444 e. The van der Waals surface area contributed by atoms with E-state index in [-0.39, 0.29) is 71.5 Å². The number of hydrogen-bond donors (Lipinski definition) is 0. The molecule has 0 atom stereocenters. The van der Waals surface area contributed by atoms with Crippen LogP contribution in [0.15, 0.2) is 21.4 Å². The zero-order valence-electron chi connectivity index (χ0n) is 6.39. The summed E-state index contributed by atoms with van der Waals surface area (Å²) in [5.41, 5.74) is 0. The molecule has 12 nitrogen and oxygen atoms in total. The van der Waals surface area contributed by atoms with Gasteiger partial charge in [0, 0.05) is 0 Å². The van der Waals surface area contributed by atoms with Gasteiger partial charge in [0.25, 0.3) is 0 Å². The summed E-state index contributed by atoms with van der Waals surface area (Å²) in [5.74, 6) is 0.